The van der Waals surface area contributed by atoms with E-state index in [1.807, 2.05) is 17.2 Å². The summed E-state index contributed by atoms with van der Waals surface area (Å²) in [4.78, 5) is 52.7. The SMILES string of the molecule is COc1cc2cc(c1OC)CCCNC(=O)CCC[C@H]1[C@@H]3C[C@@H](CN(C(=O)c4cn5cccnc5n4)C3)CN1C(=O)CC2. The van der Waals surface area contributed by atoms with Crippen molar-refractivity contribution in [2.75, 3.05) is 40.4 Å². The number of nitrogens with zero attached hydrogens (tertiary/aromatic N) is 5. The average Bonchev–Trinajstić information content (AvgIpc) is 3.46. The lowest BCUT2D eigenvalue weighted by Gasteiger charge is -2.51. The molecule has 1 aromatic carbocycles. The van der Waals surface area contributed by atoms with E-state index in [1.54, 1.807) is 37.1 Å². The fourth-order valence-corrected chi connectivity index (χ4v) is 7.16. The molecule has 3 aliphatic rings. The second-order valence-corrected chi connectivity index (χ2v) is 12.0. The average molecular weight is 589 g/mol. The molecule has 3 aromatic rings. The van der Waals surface area contributed by atoms with Crippen molar-refractivity contribution < 1.29 is 23.9 Å². The van der Waals surface area contributed by atoms with Crippen LogP contribution >= 0.6 is 0 Å². The van der Waals surface area contributed by atoms with E-state index < -0.39 is 0 Å². The molecule has 2 aromatic heterocycles. The molecule has 3 aliphatic heterocycles. The first kappa shape index (κ1) is 28.9. The molecule has 0 saturated carbocycles. The Labute approximate surface area is 251 Å². The highest BCUT2D eigenvalue weighted by atomic mass is 16.5. The number of ether oxygens (including phenoxy) is 2. The summed E-state index contributed by atoms with van der Waals surface area (Å²) in [5.41, 5.74) is 2.43. The number of imidazole rings is 1. The number of aromatic nitrogens is 3. The van der Waals surface area contributed by atoms with Gasteiger partial charge in [0.05, 0.1) is 14.2 Å². The first-order valence-corrected chi connectivity index (χ1v) is 15.3. The summed E-state index contributed by atoms with van der Waals surface area (Å²) in [6.07, 6.45) is 10.5. The second kappa shape index (κ2) is 12.6. The minimum atomic E-state index is -0.100. The van der Waals surface area contributed by atoms with E-state index in [9.17, 15) is 14.4 Å². The smallest absolute Gasteiger partial charge is 0.274 e. The molecule has 5 heterocycles. The standard InChI is InChI=1S/C32H40N6O5/c1-42-27-16-21-9-10-29(40)38-18-22-15-24(19-37(17-22)31(41)25-20-36-13-5-12-34-32(36)35-25)26(38)7-3-8-28(39)33-11-4-6-23(14-21)30(27)43-2/h5,12-14,16,20,22,24,26H,3-4,6-11,15,17-19H2,1-2H3,(H,33,39)/t22-,24+,26-/m0/s1. The van der Waals surface area contributed by atoms with Gasteiger partial charge < -0.3 is 24.6 Å². The van der Waals surface area contributed by atoms with E-state index in [-0.39, 0.29) is 35.6 Å². The van der Waals surface area contributed by atoms with E-state index in [0.29, 0.717) is 74.8 Å². The zero-order chi connectivity index (χ0) is 29.9. The van der Waals surface area contributed by atoms with Crippen molar-refractivity contribution in [3.8, 4) is 11.5 Å². The Morgan fingerprint density at radius 1 is 1.02 bits per heavy atom. The van der Waals surface area contributed by atoms with Crippen molar-refractivity contribution in [3.05, 3.63) is 53.6 Å². The molecule has 11 nitrogen and oxygen atoms in total. The van der Waals surface area contributed by atoms with Crippen molar-refractivity contribution in [2.24, 2.45) is 11.8 Å². The van der Waals surface area contributed by atoms with Gasteiger partial charge in [0.15, 0.2) is 11.5 Å². The predicted octanol–water partition coefficient (Wildman–Crippen LogP) is 2.90. The number of hydrogen-bond donors (Lipinski definition) is 1. The molecular formula is C32H40N6O5. The maximum absolute atomic E-state index is 13.8. The summed E-state index contributed by atoms with van der Waals surface area (Å²) in [7, 11) is 3.26. The lowest BCUT2D eigenvalue weighted by Crippen LogP contribution is -2.60. The van der Waals surface area contributed by atoms with E-state index in [4.69, 9.17) is 9.47 Å². The van der Waals surface area contributed by atoms with Crippen molar-refractivity contribution in [1.82, 2.24) is 29.5 Å². The Kier molecular flexibility index (Phi) is 8.49. The second-order valence-electron chi connectivity index (χ2n) is 12.0. The number of benzene rings is 1. The Hall–Kier alpha value is -4.15. The molecule has 3 amide bonds. The van der Waals surface area contributed by atoms with Crippen LogP contribution in [0.4, 0.5) is 0 Å². The van der Waals surface area contributed by atoms with E-state index in [2.05, 4.69) is 26.3 Å². The van der Waals surface area contributed by atoms with Gasteiger partial charge in [-0.2, -0.15) is 0 Å². The number of methoxy groups -OCH3 is 2. The highest BCUT2D eigenvalue weighted by Crippen LogP contribution is 2.37. The zero-order valence-corrected chi connectivity index (χ0v) is 25.0. The number of hydrogen-bond acceptors (Lipinski definition) is 7. The highest BCUT2D eigenvalue weighted by molar-refractivity contribution is 5.93. The lowest BCUT2D eigenvalue weighted by molar-refractivity contribution is -0.140. The third-order valence-electron chi connectivity index (χ3n) is 9.12. The molecule has 0 radical (unpaired) electrons. The van der Waals surface area contributed by atoms with Gasteiger partial charge >= 0.3 is 0 Å². The molecule has 6 rings (SSSR count). The van der Waals surface area contributed by atoms with Gasteiger partial charge in [0.1, 0.15) is 5.69 Å². The fraction of sp³-hybridized carbons (Fsp3) is 0.531. The van der Waals surface area contributed by atoms with Crippen molar-refractivity contribution >= 4 is 23.5 Å². The van der Waals surface area contributed by atoms with Gasteiger partial charge in [-0.3, -0.25) is 18.8 Å². The molecule has 3 atom stereocenters. The van der Waals surface area contributed by atoms with Crippen molar-refractivity contribution in [1.29, 1.82) is 0 Å². The number of amides is 3. The van der Waals surface area contributed by atoms with Crippen LogP contribution in [0.3, 0.4) is 0 Å². The van der Waals surface area contributed by atoms with Gasteiger partial charge in [-0.25, -0.2) is 9.97 Å². The summed E-state index contributed by atoms with van der Waals surface area (Å²) >= 11 is 0. The summed E-state index contributed by atoms with van der Waals surface area (Å²) in [5, 5.41) is 3.06. The summed E-state index contributed by atoms with van der Waals surface area (Å²) < 4.78 is 13.0. The first-order chi connectivity index (χ1) is 20.9. The van der Waals surface area contributed by atoms with Gasteiger partial charge in [-0.15, -0.1) is 0 Å². The third-order valence-corrected chi connectivity index (χ3v) is 9.12. The molecule has 228 valence electrons. The number of piperidine rings is 2. The van der Waals surface area contributed by atoms with E-state index >= 15 is 0 Å². The lowest BCUT2D eigenvalue weighted by atomic mass is 9.77. The summed E-state index contributed by atoms with van der Waals surface area (Å²) in [5.74, 6) is 2.24. The number of carbonyl (C=O) groups is 3. The maximum atomic E-state index is 13.8. The Bertz CT molecular complexity index is 1470. The van der Waals surface area contributed by atoms with Gasteiger partial charge in [-0.05, 0) is 73.6 Å². The number of aryl methyl sites for hydroxylation is 2. The molecule has 0 unspecified atom stereocenters. The Morgan fingerprint density at radius 3 is 2.72 bits per heavy atom. The molecule has 0 aliphatic carbocycles. The largest absolute Gasteiger partial charge is 0.493 e. The van der Waals surface area contributed by atoms with Crippen LogP contribution in [0.15, 0.2) is 36.8 Å². The van der Waals surface area contributed by atoms with Crippen LogP contribution in [0.2, 0.25) is 0 Å². The molecule has 1 N–H and O–H groups in total. The van der Waals surface area contributed by atoms with Crippen molar-refractivity contribution in [2.45, 2.75) is 57.4 Å². The number of carbonyl (C=O) groups excluding carboxylic acids is 3. The van der Waals surface area contributed by atoms with E-state index in [1.165, 1.54) is 0 Å². The van der Waals surface area contributed by atoms with Crippen LogP contribution in [0.1, 0.15) is 60.1 Å². The first-order valence-electron chi connectivity index (χ1n) is 15.3. The molecular weight excluding hydrogens is 548 g/mol. The van der Waals surface area contributed by atoms with Crippen LogP contribution in [0.25, 0.3) is 5.78 Å². The van der Waals surface area contributed by atoms with Crippen LogP contribution in [-0.4, -0.2) is 88.3 Å². The monoisotopic (exact) mass is 588 g/mol. The van der Waals surface area contributed by atoms with Gasteiger partial charge in [0, 0.05) is 63.7 Å². The minimum Gasteiger partial charge on any atom is -0.493 e. The summed E-state index contributed by atoms with van der Waals surface area (Å²) in [6.45, 7) is 2.35. The zero-order valence-electron chi connectivity index (χ0n) is 25.0. The third kappa shape index (κ3) is 6.16. The van der Waals surface area contributed by atoms with Crippen LogP contribution < -0.4 is 14.8 Å². The molecule has 2 fully saturated rings. The fourth-order valence-electron chi connectivity index (χ4n) is 7.16. The molecule has 11 heteroatoms. The molecule has 43 heavy (non-hydrogen) atoms. The predicted molar refractivity (Wildman–Crippen MR) is 159 cm³/mol. The van der Waals surface area contributed by atoms with Crippen LogP contribution in [-0.2, 0) is 22.4 Å². The number of nitrogens with one attached hydrogen (secondary N) is 1. The molecule has 2 saturated heterocycles. The Morgan fingerprint density at radius 2 is 1.91 bits per heavy atom. The van der Waals surface area contributed by atoms with E-state index in [0.717, 1.165) is 36.8 Å². The minimum absolute atomic E-state index is 0.0243. The van der Waals surface area contributed by atoms with Gasteiger partial charge in [-0.1, -0.05) is 6.07 Å². The highest BCUT2D eigenvalue weighted by Gasteiger charge is 2.43. The van der Waals surface area contributed by atoms with Crippen LogP contribution in [0, 0.1) is 11.8 Å². The van der Waals surface area contributed by atoms with Crippen molar-refractivity contribution in [3.63, 3.8) is 0 Å². The number of rotatable bonds is 3. The molecule has 4 bridgehead atoms. The quantitative estimate of drug-likeness (QED) is 0.500. The number of fused-ring (bicyclic) bond motifs is 7. The summed E-state index contributed by atoms with van der Waals surface area (Å²) in [6, 6.07) is 5.84. The normalized spacial score (nSPS) is 23.4. The van der Waals surface area contributed by atoms with Gasteiger partial charge in [0.2, 0.25) is 17.6 Å². The maximum Gasteiger partial charge on any atom is 0.274 e. The van der Waals surface area contributed by atoms with Crippen LogP contribution in [0.5, 0.6) is 11.5 Å². The topological polar surface area (TPSA) is 118 Å². The Balaban J connectivity index is 1.22. The number of likely N-dealkylation sites (tertiary alicyclic amines) is 1. The van der Waals surface area contributed by atoms with Gasteiger partial charge in [0.25, 0.3) is 5.91 Å². The molecule has 0 spiro atoms.